The molecule has 5 rings (SSSR count). The molecule has 2 fully saturated rings. The summed E-state index contributed by atoms with van der Waals surface area (Å²) in [6.45, 7) is 7.64. The number of benzene rings is 2. The van der Waals surface area contributed by atoms with Crippen LogP contribution in [0.15, 0.2) is 40.9 Å². The van der Waals surface area contributed by atoms with E-state index in [0.717, 1.165) is 47.8 Å². The zero-order valence-electron chi connectivity index (χ0n) is 20.2. The van der Waals surface area contributed by atoms with Gasteiger partial charge in [0.25, 0.3) is 0 Å². The Morgan fingerprint density at radius 1 is 0.972 bits per heavy atom. The highest BCUT2D eigenvalue weighted by Crippen LogP contribution is 2.41. The molecule has 3 aliphatic heterocycles. The third-order valence-electron chi connectivity index (χ3n) is 7.05. The molecule has 0 radical (unpaired) electrons. The van der Waals surface area contributed by atoms with Crippen LogP contribution in [0.25, 0.3) is 0 Å². The molecule has 0 bridgehead atoms. The Morgan fingerprint density at radius 2 is 1.67 bits per heavy atom. The van der Waals surface area contributed by atoms with Crippen molar-refractivity contribution in [3.05, 3.63) is 52.3 Å². The van der Waals surface area contributed by atoms with E-state index < -0.39 is 0 Å². The van der Waals surface area contributed by atoms with E-state index in [-0.39, 0.29) is 37.4 Å². The number of fused-ring (bicyclic) bond motifs is 1. The van der Waals surface area contributed by atoms with Gasteiger partial charge < -0.3 is 24.0 Å². The number of likely N-dealkylation sites (tertiary alicyclic amines) is 1. The predicted molar refractivity (Wildman–Crippen MR) is 152 cm³/mol. The molecule has 3 aliphatic rings. The Balaban J connectivity index is 0.00000180. The summed E-state index contributed by atoms with van der Waals surface area (Å²) < 4.78 is 31.7. The van der Waals surface area contributed by atoms with Crippen molar-refractivity contribution in [2.24, 2.45) is 5.92 Å². The van der Waals surface area contributed by atoms with Gasteiger partial charge in [-0.05, 0) is 72.0 Å². The van der Waals surface area contributed by atoms with Crippen molar-refractivity contribution >= 4 is 52.5 Å². The highest BCUT2D eigenvalue weighted by atomic mass is 79.9. The van der Waals surface area contributed by atoms with Crippen LogP contribution < -0.4 is 14.2 Å². The first-order valence-electron chi connectivity index (χ1n) is 12.2. The normalized spacial score (nSPS) is 21.9. The monoisotopic (exact) mass is 622 g/mol. The Labute approximate surface area is 238 Å². The Bertz CT molecular complexity index is 969. The fraction of sp³-hybridized carbons (Fsp3) is 0.538. The molecule has 0 aliphatic carbocycles. The molecule has 0 N–H and O–H groups in total. The van der Waals surface area contributed by atoms with Crippen LogP contribution in [0.2, 0.25) is 0 Å². The lowest BCUT2D eigenvalue weighted by Gasteiger charge is -2.39. The number of nitrogens with zero attached hydrogens (tertiary/aromatic N) is 2. The average molecular weight is 624 g/mol. The lowest BCUT2D eigenvalue weighted by Crippen LogP contribution is -2.43. The topological polar surface area (TPSA) is 34.2 Å². The van der Waals surface area contributed by atoms with E-state index in [9.17, 15) is 4.39 Å². The molecule has 2 aromatic rings. The first-order valence-corrected chi connectivity index (χ1v) is 14.1. The summed E-state index contributed by atoms with van der Waals surface area (Å²) in [6.07, 6.45) is 2.26. The molecule has 0 aromatic heterocycles. The van der Waals surface area contributed by atoms with Gasteiger partial charge >= 0.3 is 0 Å². The van der Waals surface area contributed by atoms with Crippen LogP contribution in [-0.4, -0.2) is 74.0 Å². The molecule has 10 heteroatoms. The second-order valence-corrected chi connectivity index (χ2v) is 11.3. The molecule has 2 atom stereocenters. The van der Waals surface area contributed by atoms with Gasteiger partial charge in [0, 0.05) is 49.2 Å². The highest BCUT2D eigenvalue weighted by Gasteiger charge is 2.31. The summed E-state index contributed by atoms with van der Waals surface area (Å²) in [5.41, 5.74) is 1.20. The van der Waals surface area contributed by atoms with Crippen LogP contribution >= 0.6 is 52.5 Å². The number of thioether (sulfide) groups is 1. The summed E-state index contributed by atoms with van der Waals surface area (Å²) in [7, 11) is 0. The Morgan fingerprint density at radius 3 is 2.42 bits per heavy atom. The summed E-state index contributed by atoms with van der Waals surface area (Å²) >= 11 is 5.67. The van der Waals surface area contributed by atoms with E-state index >= 15 is 0 Å². The predicted octanol–water partition coefficient (Wildman–Crippen LogP) is 6.08. The van der Waals surface area contributed by atoms with Crippen molar-refractivity contribution in [3.8, 4) is 17.2 Å². The maximum atomic E-state index is 13.6. The zero-order valence-corrected chi connectivity index (χ0v) is 24.2. The molecule has 0 spiro atoms. The number of hydrogen-bond acceptors (Lipinski definition) is 6. The SMILES string of the molecule is Cl.Cl.Fc1ccc([C@H]2CCN(CCCN3CCSCC3)C[C@@H]2COc2cc3c(cc2Br)OCO3)cc1. The third-order valence-corrected chi connectivity index (χ3v) is 8.61. The molecular weight excluding hydrogens is 590 g/mol. The second-order valence-electron chi connectivity index (χ2n) is 9.26. The van der Waals surface area contributed by atoms with E-state index in [1.807, 2.05) is 24.3 Å². The minimum atomic E-state index is -0.186. The molecule has 5 nitrogen and oxygen atoms in total. The highest BCUT2D eigenvalue weighted by molar-refractivity contribution is 9.10. The fourth-order valence-corrected chi connectivity index (χ4v) is 6.59. The molecule has 2 aromatic carbocycles. The molecule has 0 saturated carbocycles. The van der Waals surface area contributed by atoms with Crippen molar-refractivity contribution in [3.63, 3.8) is 0 Å². The summed E-state index contributed by atoms with van der Waals surface area (Å²) in [5, 5.41) is 0. The maximum absolute atomic E-state index is 13.6. The van der Waals surface area contributed by atoms with Gasteiger partial charge in [0.15, 0.2) is 11.5 Å². The number of piperidine rings is 1. The summed E-state index contributed by atoms with van der Waals surface area (Å²) in [5.74, 6) is 5.23. The van der Waals surface area contributed by atoms with Gasteiger partial charge in [-0.2, -0.15) is 11.8 Å². The lowest BCUT2D eigenvalue weighted by atomic mass is 9.80. The molecule has 3 heterocycles. The van der Waals surface area contributed by atoms with Gasteiger partial charge in [0.05, 0.1) is 11.1 Å². The van der Waals surface area contributed by atoms with Crippen LogP contribution in [0, 0.1) is 11.7 Å². The number of halogens is 4. The molecule has 0 amide bonds. The molecule has 36 heavy (non-hydrogen) atoms. The Kier molecular flexibility index (Phi) is 11.8. The molecule has 200 valence electrons. The van der Waals surface area contributed by atoms with E-state index in [1.165, 1.54) is 43.1 Å². The van der Waals surface area contributed by atoms with Gasteiger partial charge in [-0.3, -0.25) is 0 Å². The lowest BCUT2D eigenvalue weighted by molar-refractivity contribution is 0.106. The fourth-order valence-electron chi connectivity index (χ4n) is 5.18. The minimum absolute atomic E-state index is 0. The van der Waals surface area contributed by atoms with Crippen molar-refractivity contribution in [2.45, 2.75) is 18.8 Å². The van der Waals surface area contributed by atoms with Crippen LogP contribution in [0.3, 0.4) is 0 Å². The minimum Gasteiger partial charge on any atom is -0.492 e. The van der Waals surface area contributed by atoms with Gasteiger partial charge in [0.1, 0.15) is 11.6 Å². The summed E-state index contributed by atoms with van der Waals surface area (Å²) in [4.78, 5) is 5.18. The van der Waals surface area contributed by atoms with Crippen LogP contribution in [0.5, 0.6) is 17.2 Å². The maximum Gasteiger partial charge on any atom is 0.231 e. The van der Waals surface area contributed by atoms with E-state index in [4.69, 9.17) is 14.2 Å². The second kappa shape index (κ2) is 14.3. The van der Waals surface area contributed by atoms with Crippen molar-refractivity contribution in [2.75, 3.05) is 64.2 Å². The molecule has 0 unspecified atom stereocenters. The largest absolute Gasteiger partial charge is 0.492 e. The van der Waals surface area contributed by atoms with Gasteiger partial charge in [-0.1, -0.05) is 12.1 Å². The molecular formula is C26H34BrCl2FN2O3S. The standard InChI is InChI=1S/C26H32BrFN2O3S.2ClH/c27-23-14-25-26(33-18-32-25)15-24(23)31-17-20-16-30(8-1-7-29-10-12-34-13-11-29)9-6-22(20)19-2-4-21(28)5-3-19;;/h2-5,14-15,20,22H,1,6-13,16-18H2;2*1H/t20-,22-;;/m1../s1. The zero-order chi connectivity index (χ0) is 23.3. The third kappa shape index (κ3) is 7.58. The van der Waals surface area contributed by atoms with Crippen LogP contribution in [-0.2, 0) is 0 Å². The Hall–Kier alpha value is -0.900. The van der Waals surface area contributed by atoms with E-state index in [0.29, 0.717) is 18.4 Å². The first kappa shape index (κ1) is 29.7. The smallest absolute Gasteiger partial charge is 0.231 e. The average Bonchev–Trinajstić information content (AvgIpc) is 3.31. The van der Waals surface area contributed by atoms with Gasteiger partial charge in [-0.25, -0.2) is 4.39 Å². The quantitative estimate of drug-likeness (QED) is 0.354. The van der Waals surface area contributed by atoms with Crippen molar-refractivity contribution in [1.82, 2.24) is 9.80 Å². The van der Waals surface area contributed by atoms with Crippen molar-refractivity contribution in [1.29, 1.82) is 0 Å². The van der Waals surface area contributed by atoms with Crippen molar-refractivity contribution < 1.29 is 18.6 Å². The van der Waals surface area contributed by atoms with E-state index in [1.54, 1.807) is 12.1 Å². The van der Waals surface area contributed by atoms with Crippen LogP contribution in [0.4, 0.5) is 4.39 Å². The van der Waals surface area contributed by atoms with Gasteiger partial charge in [0.2, 0.25) is 6.79 Å². The van der Waals surface area contributed by atoms with Crippen LogP contribution in [0.1, 0.15) is 24.3 Å². The number of hydrogen-bond donors (Lipinski definition) is 0. The van der Waals surface area contributed by atoms with Gasteiger partial charge in [-0.15, -0.1) is 24.8 Å². The first-order chi connectivity index (χ1) is 16.7. The summed E-state index contributed by atoms with van der Waals surface area (Å²) in [6, 6.07) is 10.8. The number of ether oxygens (including phenoxy) is 3. The van der Waals surface area contributed by atoms with E-state index in [2.05, 4.69) is 37.5 Å². The molecule has 2 saturated heterocycles. The number of rotatable bonds is 8.